The molecule has 0 radical (unpaired) electrons. The molecule has 2 atom stereocenters. The predicted molar refractivity (Wildman–Crippen MR) is 38.8 cm³/mol. The summed E-state index contributed by atoms with van der Waals surface area (Å²) in [5, 5.41) is 0. The third-order valence-corrected chi connectivity index (χ3v) is 2.12. The van der Waals surface area contributed by atoms with Gasteiger partial charge in [-0.25, -0.2) is 4.99 Å². The van der Waals surface area contributed by atoms with Crippen molar-refractivity contribution in [2.24, 2.45) is 10.7 Å². The molecular weight excluding hydrogens is 128 g/mol. The second kappa shape index (κ2) is 2.32. The number of rotatable bonds is 0. The first-order valence-electron chi connectivity index (χ1n) is 3.84. The van der Waals surface area contributed by atoms with Crippen molar-refractivity contribution >= 4 is 5.71 Å². The molecule has 2 aliphatic rings. The topological polar surface area (TPSA) is 47.6 Å². The van der Waals surface area contributed by atoms with E-state index in [0.717, 1.165) is 12.8 Å². The first-order valence-corrected chi connectivity index (χ1v) is 3.84. The number of nitrogens with zero attached hydrogens (tertiary/aromatic N) is 1. The summed E-state index contributed by atoms with van der Waals surface area (Å²) in [5.41, 5.74) is 6.68. The molecular formula is C7H12N2O. The molecule has 3 nitrogen and oxygen atoms in total. The van der Waals surface area contributed by atoms with Gasteiger partial charge in [-0.3, -0.25) is 5.73 Å². The fourth-order valence-corrected chi connectivity index (χ4v) is 1.62. The third kappa shape index (κ3) is 0.954. The average Bonchev–Trinajstić information content (AvgIpc) is 2.27. The largest absolute Gasteiger partial charge is 0.334 e. The Morgan fingerprint density at radius 3 is 3.20 bits per heavy atom. The molecule has 0 aromatic carbocycles. The van der Waals surface area contributed by atoms with Crippen LogP contribution in [-0.2, 0) is 4.74 Å². The summed E-state index contributed by atoms with van der Waals surface area (Å²) in [6, 6.07) is 0. The summed E-state index contributed by atoms with van der Waals surface area (Å²) in [6.07, 6.45) is 4.63. The van der Waals surface area contributed by atoms with Crippen LogP contribution in [0, 0.1) is 0 Å². The molecule has 10 heavy (non-hydrogen) atoms. The lowest BCUT2D eigenvalue weighted by atomic mass is 9.96. The van der Waals surface area contributed by atoms with Crippen molar-refractivity contribution in [2.45, 2.75) is 38.1 Å². The maximum absolute atomic E-state index is 5.48. The summed E-state index contributed by atoms with van der Waals surface area (Å²) in [7, 11) is 0. The van der Waals surface area contributed by atoms with Crippen LogP contribution in [0.3, 0.4) is 0 Å². The third-order valence-electron chi connectivity index (χ3n) is 2.12. The van der Waals surface area contributed by atoms with Gasteiger partial charge in [-0.15, -0.1) is 0 Å². The van der Waals surface area contributed by atoms with Gasteiger partial charge < -0.3 is 4.74 Å². The van der Waals surface area contributed by atoms with Crippen LogP contribution in [0.1, 0.15) is 25.7 Å². The van der Waals surface area contributed by atoms with Gasteiger partial charge >= 0.3 is 0 Å². The molecule has 0 amide bonds. The van der Waals surface area contributed by atoms with Crippen LogP contribution in [0.15, 0.2) is 4.99 Å². The van der Waals surface area contributed by atoms with Gasteiger partial charge in [-0.2, -0.15) is 0 Å². The molecule has 1 heterocycles. The standard InChI is InChI=1S/C7H12N2O/c8-7-9-5-3-1-2-4-6(5)10-7/h6-7H,1-4,8H2. The number of ether oxygens (including phenoxy) is 1. The van der Waals surface area contributed by atoms with Crippen LogP contribution >= 0.6 is 0 Å². The summed E-state index contributed by atoms with van der Waals surface area (Å²) in [5.74, 6) is 0. The molecule has 2 rings (SSSR count). The van der Waals surface area contributed by atoms with Crippen molar-refractivity contribution in [1.82, 2.24) is 0 Å². The summed E-state index contributed by atoms with van der Waals surface area (Å²) in [6.45, 7) is 0. The Kier molecular flexibility index (Phi) is 1.47. The minimum absolute atomic E-state index is 0.267. The lowest BCUT2D eigenvalue weighted by Crippen LogP contribution is -2.25. The molecule has 3 heteroatoms. The number of hydrogen-bond donors (Lipinski definition) is 1. The molecule has 0 bridgehead atoms. The van der Waals surface area contributed by atoms with E-state index in [9.17, 15) is 0 Å². The summed E-state index contributed by atoms with van der Waals surface area (Å²) in [4.78, 5) is 4.18. The summed E-state index contributed by atoms with van der Waals surface area (Å²) >= 11 is 0. The molecule has 2 unspecified atom stereocenters. The van der Waals surface area contributed by atoms with Gasteiger partial charge in [0.1, 0.15) is 0 Å². The molecule has 0 aromatic rings. The maximum Gasteiger partial charge on any atom is 0.202 e. The highest BCUT2D eigenvalue weighted by Crippen LogP contribution is 2.23. The highest BCUT2D eigenvalue weighted by Gasteiger charge is 2.28. The minimum Gasteiger partial charge on any atom is -0.334 e. The Bertz CT molecular complexity index is 167. The SMILES string of the molecule is NC1N=C2CCCCC2O1. The number of fused-ring (bicyclic) bond motifs is 1. The van der Waals surface area contributed by atoms with Gasteiger partial charge in [0, 0.05) is 5.71 Å². The number of aliphatic imine (C=N–C) groups is 1. The van der Waals surface area contributed by atoms with Crippen molar-refractivity contribution < 1.29 is 4.74 Å². The first kappa shape index (κ1) is 6.31. The lowest BCUT2D eigenvalue weighted by Gasteiger charge is -2.17. The minimum atomic E-state index is -0.363. The van der Waals surface area contributed by atoms with Crippen LogP contribution < -0.4 is 5.73 Å². The highest BCUT2D eigenvalue weighted by molar-refractivity contribution is 5.90. The van der Waals surface area contributed by atoms with E-state index in [-0.39, 0.29) is 12.5 Å². The van der Waals surface area contributed by atoms with Crippen molar-refractivity contribution in [3.63, 3.8) is 0 Å². The molecule has 1 aliphatic carbocycles. The average molecular weight is 140 g/mol. The van der Waals surface area contributed by atoms with E-state index in [4.69, 9.17) is 10.5 Å². The summed E-state index contributed by atoms with van der Waals surface area (Å²) < 4.78 is 5.34. The van der Waals surface area contributed by atoms with Crippen LogP contribution in [0.2, 0.25) is 0 Å². The molecule has 0 saturated heterocycles. The van der Waals surface area contributed by atoms with Crippen LogP contribution in [-0.4, -0.2) is 18.2 Å². The van der Waals surface area contributed by atoms with Gasteiger partial charge in [0.15, 0.2) is 0 Å². The van der Waals surface area contributed by atoms with Gasteiger partial charge in [-0.1, -0.05) is 6.42 Å². The van der Waals surface area contributed by atoms with E-state index < -0.39 is 0 Å². The van der Waals surface area contributed by atoms with E-state index >= 15 is 0 Å². The molecule has 1 saturated carbocycles. The molecule has 1 fully saturated rings. The Morgan fingerprint density at radius 1 is 1.50 bits per heavy atom. The number of nitrogens with two attached hydrogens (primary N) is 1. The first-order chi connectivity index (χ1) is 4.86. The van der Waals surface area contributed by atoms with E-state index in [1.165, 1.54) is 18.6 Å². The van der Waals surface area contributed by atoms with Crippen LogP contribution in [0.25, 0.3) is 0 Å². The van der Waals surface area contributed by atoms with Gasteiger partial charge in [0.05, 0.1) is 6.10 Å². The Balaban J connectivity index is 2.10. The second-order valence-corrected chi connectivity index (χ2v) is 2.88. The normalized spacial score (nSPS) is 39.1. The Hall–Kier alpha value is -0.410. The second-order valence-electron chi connectivity index (χ2n) is 2.88. The zero-order valence-electron chi connectivity index (χ0n) is 5.92. The van der Waals surface area contributed by atoms with Gasteiger partial charge in [0.25, 0.3) is 0 Å². The van der Waals surface area contributed by atoms with Crippen molar-refractivity contribution in [3.8, 4) is 0 Å². The van der Waals surface area contributed by atoms with E-state index in [1.807, 2.05) is 0 Å². The van der Waals surface area contributed by atoms with E-state index in [1.54, 1.807) is 0 Å². The molecule has 2 N–H and O–H groups in total. The monoisotopic (exact) mass is 140 g/mol. The van der Waals surface area contributed by atoms with Crippen LogP contribution in [0.5, 0.6) is 0 Å². The van der Waals surface area contributed by atoms with E-state index in [0.29, 0.717) is 0 Å². The van der Waals surface area contributed by atoms with Crippen LogP contribution in [0.4, 0.5) is 0 Å². The highest BCUT2D eigenvalue weighted by atomic mass is 16.5. The Labute approximate surface area is 60.3 Å². The molecule has 0 aromatic heterocycles. The molecule has 1 aliphatic heterocycles. The van der Waals surface area contributed by atoms with Crippen molar-refractivity contribution in [3.05, 3.63) is 0 Å². The zero-order chi connectivity index (χ0) is 6.97. The quantitative estimate of drug-likeness (QED) is 0.536. The fraction of sp³-hybridized carbons (Fsp3) is 0.857. The van der Waals surface area contributed by atoms with E-state index in [2.05, 4.69) is 4.99 Å². The number of hydrogen-bond acceptors (Lipinski definition) is 3. The lowest BCUT2D eigenvalue weighted by molar-refractivity contribution is 0.0466. The smallest absolute Gasteiger partial charge is 0.202 e. The Morgan fingerprint density at radius 2 is 2.40 bits per heavy atom. The van der Waals surface area contributed by atoms with Gasteiger partial charge in [0.2, 0.25) is 6.35 Å². The van der Waals surface area contributed by atoms with Crippen molar-refractivity contribution in [1.29, 1.82) is 0 Å². The van der Waals surface area contributed by atoms with Crippen molar-refractivity contribution in [2.75, 3.05) is 0 Å². The van der Waals surface area contributed by atoms with Gasteiger partial charge in [-0.05, 0) is 19.3 Å². The molecule has 56 valence electrons. The maximum atomic E-state index is 5.48. The zero-order valence-corrected chi connectivity index (χ0v) is 5.92. The molecule has 0 spiro atoms. The fourth-order valence-electron chi connectivity index (χ4n) is 1.62. The predicted octanol–water partition coefficient (Wildman–Crippen LogP) is 0.642.